The molecule has 0 aliphatic rings. The number of hydrogen-bond acceptors (Lipinski definition) is 5. The zero-order chi connectivity index (χ0) is 11.8. The summed E-state index contributed by atoms with van der Waals surface area (Å²) in [6.07, 6.45) is -0.673. The first-order chi connectivity index (χ1) is 6.97. The number of carbonyl (C=O) groups excluding carboxylic acids is 1. The maximum Gasteiger partial charge on any atom is 0.326 e. The fourth-order valence-electron chi connectivity index (χ4n) is 0.653. The second-order valence-electron chi connectivity index (χ2n) is 2.41. The molecule has 0 fully saturated rings. The second-order valence-corrected chi connectivity index (χ2v) is 3.18. The Hall–Kier alpha value is -1.28. The minimum absolute atomic E-state index is 0.286. The standard InChI is InChI=1S/C7H11NO6S/c1-2-14-15-7(13)8-4(6(11)12)3-5(9)10/h4H,2-3H2,1H3,(H,8,13)(H,9,10)(H,11,12)/t4-/m0/s1. The van der Waals surface area contributed by atoms with Gasteiger partial charge in [-0.1, -0.05) is 0 Å². The molecule has 0 radical (unpaired) electrons. The van der Waals surface area contributed by atoms with Crippen molar-refractivity contribution in [3.8, 4) is 0 Å². The van der Waals surface area contributed by atoms with Crippen molar-refractivity contribution < 1.29 is 28.8 Å². The molecule has 0 heterocycles. The lowest BCUT2D eigenvalue weighted by molar-refractivity contribution is -0.145. The molecule has 0 aliphatic carbocycles. The Morgan fingerprint density at radius 3 is 2.40 bits per heavy atom. The first-order valence-corrected chi connectivity index (χ1v) is 4.76. The molecule has 0 saturated heterocycles. The van der Waals surface area contributed by atoms with E-state index >= 15 is 0 Å². The van der Waals surface area contributed by atoms with Gasteiger partial charge in [-0.25, -0.2) is 4.79 Å². The Morgan fingerprint density at radius 1 is 1.40 bits per heavy atom. The van der Waals surface area contributed by atoms with Crippen LogP contribution in [0.1, 0.15) is 13.3 Å². The van der Waals surface area contributed by atoms with E-state index < -0.39 is 29.6 Å². The van der Waals surface area contributed by atoms with Gasteiger partial charge in [-0.15, -0.1) is 0 Å². The maximum absolute atomic E-state index is 11.0. The van der Waals surface area contributed by atoms with E-state index in [9.17, 15) is 14.4 Å². The van der Waals surface area contributed by atoms with Crippen molar-refractivity contribution in [2.75, 3.05) is 6.61 Å². The summed E-state index contributed by atoms with van der Waals surface area (Å²) in [5.41, 5.74) is 0. The third-order valence-corrected chi connectivity index (χ3v) is 1.84. The first kappa shape index (κ1) is 13.7. The van der Waals surface area contributed by atoms with E-state index in [-0.39, 0.29) is 6.61 Å². The smallest absolute Gasteiger partial charge is 0.326 e. The van der Waals surface area contributed by atoms with Crippen molar-refractivity contribution in [1.82, 2.24) is 5.32 Å². The zero-order valence-electron chi connectivity index (χ0n) is 7.93. The van der Waals surface area contributed by atoms with Gasteiger partial charge in [0.15, 0.2) is 0 Å². The van der Waals surface area contributed by atoms with Gasteiger partial charge in [0, 0.05) is 0 Å². The molecular formula is C7H11NO6S. The van der Waals surface area contributed by atoms with Gasteiger partial charge in [0.2, 0.25) is 0 Å². The van der Waals surface area contributed by atoms with Crippen LogP contribution in [0, 0.1) is 0 Å². The van der Waals surface area contributed by atoms with Crippen LogP contribution in [0.3, 0.4) is 0 Å². The Balaban J connectivity index is 4.10. The summed E-state index contributed by atoms with van der Waals surface area (Å²) in [7, 11) is 0. The topological polar surface area (TPSA) is 113 Å². The summed E-state index contributed by atoms with van der Waals surface area (Å²) in [5, 5.41) is 18.2. The van der Waals surface area contributed by atoms with Gasteiger partial charge >= 0.3 is 17.2 Å². The molecule has 0 aliphatic heterocycles. The number of carboxylic acids is 2. The molecule has 15 heavy (non-hydrogen) atoms. The SMILES string of the molecule is CCOSC(=O)N[C@@H](CC(=O)O)C(=O)O. The number of nitrogens with one attached hydrogen (secondary N) is 1. The molecule has 0 aromatic carbocycles. The van der Waals surface area contributed by atoms with E-state index in [0.29, 0.717) is 12.0 Å². The predicted molar refractivity (Wildman–Crippen MR) is 51.4 cm³/mol. The molecule has 0 unspecified atom stereocenters. The number of carboxylic acid groups (broad SMARTS) is 2. The first-order valence-electron chi connectivity index (χ1n) is 4.02. The minimum Gasteiger partial charge on any atom is -0.481 e. The number of aliphatic carboxylic acids is 2. The molecular weight excluding hydrogens is 226 g/mol. The third kappa shape index (κ3) is 6.75. The van der Waals surface area contributed by atoms with E-state index in [0.717, 1.165) is 0 Å². The Labute approximate surface area is 90.0 Å². The van der Waals surface area contributed by atoms with Crippen molar-refractivity contribution in [2.24, 2.45) is 0 Å². The van der Waals surface area contributed by atoms with Gasteiger partial charge in [0.25, 0.3) is 0 Å². The molecule has 86 valence electrons. The molecule has 3 N–H and O–H groups in total. The lowest BCUT2D eigenvalue weighted by Crippen LogP contribution is -2.40. The van der Waals surface area contributed by atoms with Crippen molar-refractivity contribution in [2.45, 2.75) is 19.4 Å². The number of carbonyl (C=O) groups is 3. The maximum atomic E-state index is 11.0. The molecule has 0 spiro atoms. The Morgan fingerprint density at radius 2 is 2.00 bits per heavy atom. The summed E-state index contributed by atoms with van der Waals surface area (Å²) < 4.78 is 4.65. The van der Waals surface area contributed by atoms with Gasteiger partial charge in [-0.3, -0.25) is 9.59 Å². The summed E-state index contributed by atoms with van der Waals surface area (Å²) in [5.74, 6) is -2.70. The highest BCUT2D eigenvalue weighted by Crippen LogP contribution is 2.05. The van der Waals surface area contributed by atoms with E-state index in [1.165, 1.54) is 0 Å². The largest absolute Gasteiger partial charge is 0.481 e. The molecule has 0 saturated carbocycles. The lowest BCUT2D eigenvalue weighted by Gasteiger charge is -2.10. The van der Waals surface area contributed by atoms with Crippen LogP contribution in [-0.2, 0) is 13.8 Å². The van der Waals surface area contributed by atoms with Crippen LogP contribution < -0.4 is 5.32 Å². The third-order valence-electron chi connectivity index (χ3n) is 1.22. The summed E-state index contributed by atoms with van der Waals surface area (Å²) in [6, 6.07) is -1.44. The van der Waals surface area contributed by atoms with Crippen LogP contribution in [0.5, 0.6) is 0 Å². The van der Waals surface area contributed by atoms with Crippen molar-refractivity contribution in [3.05, 3.63) is 0 Å². The van der Waals surface area contributed by atoms with E-state index in [2.05, 4.69) is 4.18 Å². The van der Waals surface area contributed by atoms with Gasteiger partial charge in [0.1, 0.15) is 6.04 Å². The van der Waals surface area contributed by atoms with Crippen molar-refractivity contribution >= 4 is 29.2 Å². The molecule has 0 aromatic rings. The highest BCUT2D eigenvalue weighted by molar-refractivity contribution is 8.09. The molecule has 1 atom stereocenters. The van der Waals surface area contributed by atoms with Crippen LogP contribution in [-0.4, -0.2) is 40.0 Å². The number of rotatable bonds is 6. The van der Waals surface area contributed by atoms with E-state index in [4.69, 9.17) is 10.2 Å². The Kier molecular flexibility index (Phi) is 6.47. The number of amides is 1. The van der Waals surface area contributed by atoms with Crippen LogP contribution in [0.2, 0.25) is 0 Å². The zero-order valence-corrected chi connectivity index (χ0v) is 8.74. The predicted octanol–water partition coefficient (Wildman–Crippen LogP) is 0.309. The van der Waals surface area contributed by atoms with Crippen LogP contribution in [0.4, 0.5) is 4.79 Å². The number of hydrogen-bond donors (Lipinski definition) is 3. The van der Waals surface area contributed by atoms with Crippen LogP contribution in [0.15, 0.2) is 0 Å². The van der Waals surface area contributed by atoms with Crippen molar-refractivity contribution in [1.29, 1.82) is 0 Å². The van der Waals surface area contributed by atoms with Crippen LogP contribution in [0.25, 0.3) is 0 Å². The molecule has 0 bridgehead atoms. The summed E-state index contributed by atoms with van der Waals surface area (Å²) in [4.78, 5) is 31.7. The molecule has 7 nitrogen and oxygen atoms in total. The van der Waals surface area contributed by atoms with Crippen LogP contribution >= 0.6 is 12.0 Å². The molecule has 0 rings (SSSR count). The fourth-order valence-corrected chi connectivity index (χ4v) is 1.07. The van der Waals surface area contributed by atoms with Gasteiger partial charge in [0.05, 0.1) is 25.1 Å². The summed E-state index contributed by atoms with van der Waals surface area (Å²) in [6.45, 7) is 1.95. The van der Waals surface area contributed by atoms with E-state index in [1.54, 1.807) is 6.92 Å². The monoisotopic (exact) mass is 237 g/mol. The molecule has 1 amide bonds. The highest BCUT2D eigenvalue weighted by Gasteiger charge is 2.23. The van der Waals surface area contributed by atoms with Gasteiger partial charge < -0.3 is 19.7 Å². The lowest BCUT2D eigenvalue weighted by atomic mass is 10.2. The molecule has 8 heteroatoms. The van der Waals surface area contributed by atoms with Gasteiger partial charge in [-0.05, 0) is 6.92 Å². The highest BCUT2D eigenvalue weighted by atomic mass is 32.2. The van der Waals surface area contributed by atoms with Crippen molar-refractivity contribution in [3.63, 3.8) is 0 Å². The minimum atomic E-state index is -1.44. The van der Waals surface area contributed by atoms with E-state index in [1.807, 2.05) is 5.32 Å². The second kappa shape index (κ2) is 7.07. The normalized spacial score (nSPS) is 11.8. The quantitative estimate of drug-likeness (QED) is 0.569. The average Bonchev–Trinajstić information content (AvgIpc) is 2.12. The Bertz CT molecular complexity index is 256. The average molecular weight is 237 g/mol. The fraction of sp³-hybridized carbons (Fsp3) is 0.571. The van der Waals surface area contributed by atoms with Gasteiger partial charge in [-0.2, -0.15) is 0 Å². The molecule has 0 aromatic heterocycles. The summed E-state index contributed by atoms with van der Waals surface area (Å²) >= 11 is 0.443.